The number of hydrogen-bond donors (Lipinski definition) is 2. The smallest absolute Gasteiger partial charge is 0.426 e. The molecule has 2 rings (SSSR count). The summed E-state index contributed by atoms with van der Waals surface area (Å²) in [7, 11) is 0. The monoisotopic (exact) mass is 293 g/mol. The molecule has 0 saturated heterocycles. The number of hydrogen-bond acceptors (Lipinski definition) is 4. The number of benzene rings is 1. The maximum absolute atomic E-state index is 12.1. The number of nitrogens with one attached hydrogen (secondary N) is 2. The van der Waals surface area contributed by atoms with Crippen LogP contribution >= 0.6 is 0 Å². The van der Waals surface area contributed by atoms with Gasteiger partial charge in [-0.2, -0.15) is 5.01 Å². The van der Waals surface area contributed by atoms with Gasteiger partial charge in [-0.1, -0.05) is 12.1 Å². The van der Waals surface area contributed by atoms with Crippen LogP contribution in [0.5, 0.6) is 5.75 Å². The molecule has 0 bridgehead atoms. The van der Waals surface area contributed by atoms with Crippen LogP contribution in [-0.2, 0) is 4.74 Å². The second-order valence-electron chi connectivity index (χ2n) is 5.70. The third-order valence-corrected chi connectivity index (χ3v) is 2.66. The van der Waals surface area contributed by atoms with E-state index in [-0.39, 0.29) is 6.73 Å². The number of amides is 3. The van der Waals surface area contributed by atoms with E-state index >= 15 is 0 Å². The number of carbonyl (C=O) groups excluding carboxylic acids is 2. The van der Waals surface area contributed by atoms with Crippen LogP contribution in [0.25, 0.3) is 0 Å². The quantitative estimate of drug-likeness (QED) is 0.834. The summed E-state index contributed by atoms with van der Waals surface area (Å²) >= 11 is 0. The maximum Gasteiger partial charge on any atom is 0.426 e. The molecule has 114 valence electrons. The Labute approximate surface area is 123 Å². The van der Waals surface area contributed by atoms with Crippen molar-refractivity contribution in [2.75, 3.05) is 12.0 Å². The molecular weight excluding hydrogens is 274 g/mol. The average Bonchev–Trinajstić information content (AvgIpc) is 2.48. The van der Waals surface area contributed by atoms with Crippen molar-refractivity contribution >= 4 is 17.8 Å². The average molecular weight is 293 g/mol. The van der Waals surface area contributed by atoms with Gasteiger partial charge in [0.15, 0.2) is 6.73 Å². The third kappa shape index (κ3) is 3.77. The van der Waals surface area contributed by atoms with Gasteiger partial charge in [-0.25, -0.2) is 15.0 Å². The second-order valence-corrected chi connectivity index (χ2v) is 5.70. The Kier molecular flexibility index (Phi) is 3.93. The van der Waals surface area contributed by atoms with Gasteiger partial charge in [-0.15, -0.1) is 0 Å². The van der Waals surface area contributed by atoms with Crippen LogP contribution in [0.4, 0.5) is 15.3 Å². The van der Waals surface area contributed by atoms with Gasteiger partial charge in [0, 0.05) is 0 Å². The van der Waals surface area contributed by atoms with Crippen molar-refractivity contribution in [1.29, 1.82) is 0 Å². The number of urea groups is 1. The van der Waals surface area contributed by atoms with E-state index in [1.807, 2.05) is 19.1 Å². The van der Waals surface area contributed by atoms with E-state index < -0.39 is 17.7 Å². The molecule has 1 aliphatic rings. The first kappa shape index (κ1) is 15.0. The molecule has 1 aliphatic heterocycles. The number of anilines is 1. The first-order valence-corrected chi connectivity index (χ1v) is 6.57. The Bertz CT molecular complexity index is 566. The zero-order chi connectivity index (χ0) is 15.6. The Morgan fingerprint density at radius 1 is 1.43 bits per heavy atom. The normalized spacial score (nSPS) is 14.5. The lowest BCUT2D eigenvalue weighted by atomic mass is 10.2. The Morgan fingerprint density at radius 2 is 2.14 bits per heavy atom. The predicted octanol–water partition coefficient (Wildman–Crippen LogP) is 2.62. The highest BCUT2D eigenvalue weighted by Gasteiger charge is 2.25. The van der Waals surface area contributed by atoms with Crippen molar-refractivity contribution in [3.63, 3.8) is 0 Å². The van der Waals surface area contributed by atoms with Crippen molar-refractivity contribution in [2.24, 2.45) is 0 Å². The molecule has 0 unspecified atom stereocenters. The molecular formula is C14H19N3O4. The van der Waals surface area contributed by atoms with E-state index in [0.717, 1.165) is 10.6 Å². The minimum absolute atomic E-state index is 0.108. The molecule has 1 aromatic carbocycles. The number of aryl methyl sites for hydroxylation is 1. The van der Waals surface area contributed by atoms with Crippen LogP contribution in [-0.4, -0.2) is 29.5 Å². The third-order valence-electron chi connectivity index (χ3n) is 2.66. The first-order chi connectivity index (χ1) is 9.76. The fraction of sp³-hybridized carbons (Fsp3) is 0.429. The van der Waals surface area contributed by atoms with Gasteiger partial charge in [-0.3, -0.25) is 0 Å². The van der Waals surface area contributed by atoms with Crippen LogP contribution < -0.4 is 15.5 Å². The Balaban J connectivity index is 2.07. The van der Waals surface area contributed by atoms with E-state index in [0.29, 0.717) is 11.4 Å². The maximum atomic E-state index is 12.1. The summed E-state index contributed by atoms with van der Waals surface area (Å²) < 4.78 is 10.7. The summed E-state index contributed by atoms with van der Waals surface area (Å²) in [5.41, 5.74) is 3.17. The van der Waals surface area contributed by atoms with E-state index in [9.17, 15) is 9.59 Å². The van der Waals surface area contributed by atoms with Gasteiger partial charge in [0.2, 0.25) is 0 Å². The summed E-state index contributed by atoms with van der Waals surface area (Å²) in [6, 6.07) is 4.93. The number of hydrazine groups is 1. The van der Waals surface area contributed by atoms with Crippen molar-refractivity contribution in [3.05, 3.63) is 23.8 Å². The fourth-order valence-corrected chi connectivity index (χ4v) is 1.81. The molecule has 0 radical (unpaired) electrons. The summed E-state index contributed by atoms with van der Waals surface area (Å²) in [6.45, 7) is 6.99. The topological polar surface area (TPSA) is 79.9 Å². The number of rotatable bonds is 1. The molecule has 7 heteroatoms. The molecule has 0 saturated carbocycles. The van der Waals surface area contributed by atoms with E-state index in [4.69, 9.17) is 9.47 Å². The van der Waals surface area contributed by atoms with Crippen LogP contribution in [0.1, 0.15) is 26.3 Å². The van der Waals surface area contributed by atoms with Crippen molar-refractivity contribution in [2.45, 2.75) is 33.3 Å². The summed E-state index contributed by atoms with van der Waals surface area (Å²) in [5, 5.41) is 3.69. The van der Waals surface area contributed by atoms with Gasteiger partial charge >= 0.3 is 12.1 Å². The van der Waals surface area contributed by atoms with Crippen LogP contribution in [0.3, 0.4) is 0 Å². The fourth-order valence-electron chi connectivity index (χ4n) is 1.81. The molecule has 0 spiro atoms. The molecule has 0 atom stereocenters. The first-order valence-electron chi connectivity index (χ1n) is 6.57. The van der Waals surface area contributed by atoms with Gasteiger partial charge < -0.3 is 14.8 Å². The molecule has 3 amide bonds. The molecule has 1 heterocycles. The highest BCUT2D eigenvalue weighted by molar-refractivity contribution is 5.92. The molecule has 0 aliphatic carbocycles. The highest BCUT2D eigenvalue weighted by Crippen LogP contribution is 2.30. The van der Waals surface area contributed by atoms with Crippen molar-refractivity contribution < 1.29 is 19.1 Å². The van der Waals surface area contributed by atoms with Gasteiger partial charge in [0.25, 0.3) is 0 Å². The predicted molar refractivity (Wildman–Crippen MR) is 76.9 cm³/mol. The standard InChI is InChI=1S/C14H19N3O4/c1-9-6-5-7-10-11(9)20-8-17(12(18)15-10)16-13(19)21-14(2,3)4/h5-7H,8H2,1-4H3,(H,15,18)(H,16,19). The lowest BCUT2D eigenvalue weighted by Gasteiger charge is -2.24. The van der Waals surface area contributed by atoms with Crippen molar-refractivity contribution in [1.82, 2.24) is 10.4 Å². The van der Waals surface area contributed by atoms with E-state index in [1.54, 1.807) is 26.8 Å². The minimum atomic E-state index is -0.719. The van der Waals surface area contributed by atoms with Gasteiger partial charge in [0.1, 0.15) is 11.4 Å². The molecule has 1 aromatic rings. The van der Waals surface area contributed by atoms with E-state index in [1.165, 1.54) is 0 Å². The zero-order valence-corrected chi connectivity index (χ0v) is 12.5. The summed E-state index contributed by atoms with van der Waals surface area (Å²) in [4.78, 5) is 23.8. The summed E-state index contributed by atoms with van der Waals surface area (Å²) in [6.07, 6.45) is -0.719. The van der Waals surface area contributed by atoms with Crippen molar-refractivity contribution in [3.8, 4) is 5.75 Å². The Morgan fingerprint density at radius 3 is 2.81 bits per heavy atom. The van der Waals surface area contributed by atoms with Gasteiger partial charge in [-0.05, 0) is 39.3 Å². The second kappa shape index (κ2) is 5.51. The minimum Gasteiger partial charge on any atom is -0.469 e. The number of carbonyl (C=O) groups is 2. The molecule has 0 aromatic heterocycles. The van der Waals surface area contributed by atoms with Crippen LogP contribution in [0.2, 0.25) is 0 Å². The number of para-hydroxylation sites is 1. The van der Waals surface area contributed by atoms with Crippen LogP contribution in [0.15, 0.2) is 18.2 Å². The molecule has 21 heavy (non-hydrogen) atoms. The number of ether oxygens (including phenoxy) is 2. The largest absolute Gasteiger partial charge is 0.469 e. The Hall–Kier alpha value is -2.44. The molecule has 7 nitrogen and oxygen atoms in total. The zero-order valence-electron chi connectivity index (χ0n) is 12.5. The highest BCUT2D eigenvalue weighted by atomic mass is 16.6. The van der Waals surface area contributed by atoms with Crippen LogP contribution in [0, 0.1) is 6.92 Å². The SMILES string of the molecule is Cc1cccc2c1OCN(NC(=O)OC(C)(C)C)C(=O)N2. The number of nitrogens with zero attached hydrogens (tertiary/aromatic N) is 1. The molecule has 0 fully saturated rings. The van der Waals surface area contributed by atoms with E-state index in [2.05, 4.69) is 10.7 Å². The lowest BCUT2D eigenvalue weighted by molar-refractivity contribution is 0.0294. The lowest BCUT2D eigenvalue weighted by Crippen LogP contribution is -2.50. The van der Waals surface area contributed by atoms with Gasteiger partial charge in [0.05, 0.1) is 5.69 Å². The summed E-state index contributed by atoms with van der Waals surface area (Å²) in [5.74, 6) is 0.583. The molecule has 2 N–H and O–H groups in total. The number of fused-ring (bicyclic) bond motifs is 1.